The maximum Gasteiger partial charge on any atom is 0.191 e. The van der Waals surface area contributed by atoms with E-state index in [2.05, 4.69) is 49.7 Å². The summed E-state index contributed by atoms with van der Waals surface area (Å²) >= 11 is 0. The van der Waals surface area contributed by atoms with Gasteiger partial charge in [0, 0.05) is 45.5 Å². The van der Waals surface area contributed by atoms with Crippen LogP contribution in [0.25, 0.3) is 0 Å². The standard InChI is InChI=1S/C20H33N5O/c1-21-20(22-9-12-24-10-5-2-6-11-24)23-17-18-7-3-4-8-19(18)25-13-15-26-16-14-25/h3-4,7-8H,2,5-6,9-17H2,1H3,(H2,21,22,23). The van der Waals surface area contributed by atoms with Gasteiger partial charge in [0.05, 0.1) is 13.2 Å². The van der Waals surface area contributed by atoms with E-state index < -0.39 is 0 Å². The lowest BCUT2D eigenvalue weighted by molar-refractivity contribution is 0.122. The van der Waals surface area contributed by atoms with E-state index in [1.165, 1.54) is 43.6 Å². The lowest BCUT2D eigenvalue weighted by Crippen LogP contribution is -2.42. The molecule has 0 atom stereocenters. The van der Waals surface area contributed by atoms with Gasteiger partial charge in [0.1, 0.15) is 0 Å². The molecule has 1 aromatic carbocycles. The third kappa shape index (κ3) is 5.61. The molecule has 2 aliphatic heterocycles. The molecule has 0 aliphatic carbocycles. The fraction of sp³-hybridized carbons (Fsp3) is 0.650. The zero-order chi connectivity index (χ0) is 18.0. The number of nitrogens with one attached hydrogen (secondary N) is 2. The van der Waals surface area contributed by atoms with Crippen molar-refractivity contribution in [3.8, 4) is 0 Å². The molecule has 0 bridgehead atoms. The predicted molar refractivity (Wildman–Crippen MR) is 108 cm³/mol. The molecule has 6 heteroatoms. The van der Waals surface area contributed by atoms with Crippen molar-refractivity contribution in [3.05, 3.63) is 29.8 Å². The van der Waals surface area contributed by atoms with E-state index in [0.29, 0.717) is 0 Å². The first-order chi connectivity index (χ1) is 12.9. The van der Waals surface area contributed by atoms with Crippen LogP contribution >= 0.6 is 0 Å². The molecule has 0 unspecified atom stereocenters. The van der Waals surface area contributed by atoms with E-state index >= 15 is 0 Å². The maximum atomic E-state index is 5.48. The summed E-state index contributed by atoms with van der Waals surface area (Å²) < 4.78 is 5.48. The minimum absolute atomic E-state index is 0.775. The molecule has 0 saturated carbocycles. The van der Waals surface area contributed by atoms with Crippen molar-refractivity contribution >= 4 is 11.6 Å². The third-order valence-corrected chi connectivity index (χ3v) is 5.18. The van der Waals surface area contributed by atoms with Crippen LogP contribution in [0.2, 0.25) is 0 Å². The first kappa shape index (κ1) is 19.0. The highest BCUT2D eigenvalue weighted by atomic mass is 16.5. The van der Waals surface area contributed by atoms with Gasteiger partial charge in [0.25, 0.3) is 0 Å². The number of anilines is 1. The van der Waals surface area contributed by atoms with Crippen LogP contribution in [0.4, 0.5) is 5.69 Å². The number of aliphatic imine (C=N–C) groups is 1. The lowest BCUT2D eigenvalue weighted by atomic mass is 10.1. The third-order valence-electron chi connectivity index (χ3n) is 5.18. The average Bonchev–Trinajstić information content (AvgIpc) is 2.72. The van der Waals surface area contributed by atoms with Crippen LogP contribution in [0.3, 0.4) is 0 Å². The Morgan fingerprint density at radius 2 is 1.81 bits per heavy atom. The molecule has 2 aliphatic rings. The van der Waals surface area contributed by atoms with Crippen molar-refractivity contribution in [2.24, 2.45) is 4.99 Å². The van der Waals surface area contributed by atoms with Crippen LogP contribution in [-0.2, 0) is 11.3 Å². The van der Waals surface area contributed by atoms with E-state index in [-0.39, 0.29) is 0 Å². The molecule has 0 spiro atoms. The van der Waals surface area contributed by atoms with Gasteiger partial charge in [-0.3, -0.25) is 4.99 Å². The zero-order valence-corrected chi connectivity index (χ0v) is 16.0. The van der Waals surface area contributed by atoms with Gasteiger partial charge in [-0.05, 0) is 37.6 Å². The first-order valence-electron chi connectivity index (χ1n) is 9.94. The van der Waals surface area contributed by atoms with Gasteiger partial charge >= 0.3 is 0 Å². The number of benzene rings is 1. The normalized spacial score (nSPS) is 19.4. The van der Waals surface area contributed by atoms with Gasteiger partial charge in [0.15, 0.2) is 5.96 Å². The number of nitrogens with zero attached hydrogens (tertiary/aromatic N) is 3. The number of guanidine groups is 1. The van der Waals surface area contributed by atoms with Crippen molar-refractivity contribution < 1.29 is 4.74 Å². The highest BCUT2D eigenvalue weighted by Gasteiger charge is 2.14. The topological polar surface area (TPSA) is 52.1 Å². The fourth-order valence-corrected chi connectivity index (χ4v) is 3.69. The smallest absolute Gasteiger partial charge is 0.191 e. The number of morpholine rings is 1. The van der Waals surface area contributed by atoms with Gasteiger partial charge in [-0.1, -0.05) is 24.6 Å². The summed E-state index contributed by atoms with van der Waals surface area (Å²) in [4.78, 5) is 9.32. The van der Waals surface area contributed by atoms with Crippen molar-refractivity contribution in [2.75, 3.05) is 64.4 Å². The van der Waals surface area contributed by atoms with Crippen molar-refractivity contribution in [3.63, 3.8) is 0 Å². The number of rotatable bonds is 6. The average molecular weight is 360 g/mol. The Kier molecular flexibility index (Phi) is 7.58. The lowest BCUT2D eigenvalue weighted by Gasteiger charge is -2.30. The summed E-state index contributed by atoms with van der Waals surface area (Å²) in [7, 11) is 1.84. The molecule has 2 heterocycles. The molecule has 2 saturated heterocycles. The van der Waals surface area contributed by atoms with Crippen LogP contribution in [0.5, 0.6) is 0 Å². The summed E-state index contributed by atoms with van der Waals surface area (Å²) in [5, 5.41) is 6.91. The Balaban J connectivity index is 1.47. The predicted octanol–water partition coefficient (Wildman–Crippen LogP) is 1.67. The summed E-state index contributed by atoms with van der Waals surface area (Å²) in [6.45, 7) is 8.80. The molecule has 0 radical (unpaired) electrons. The van der Waals surface area contributed by atoms with Gasteiger partial charge in [-0.2, -0.15) is 0 Å². The van der Waals surface area contributed by atoms with E-state index in [4.69, 9.17) is 4.74 Å². The number of para-hydroxylation sites is 1. The molecule has 2 N–H and O–H groups in total. The van der Waals surface area contributed by atoms with Gasteiger partial charge < -0.3 is 25.2 Å². The maximum absolute atomic E-state index is 5.48. The Bertz CT molecular complexity index is 565. The van der Waals surface area contributed by atoms with Gasteiger partial charge in [0.2, 0.25) is 0 Å². The Hall–Kier alpha value is -1.79. The molecule has 2 fully saturated rings. The Labute approximate surface area is 157 Å². The summed E-state index contributed by atoms with van der Waals surface area (Å²) in [6.07, 6.45) is 4.06. The van der Waals surface area contributed by atoms with E-state index in [1.807, 2.05) is 7.05 Å². The minimum Gasteiger partial charge on any atom is -0.378 e. The van der Waals surface area contributed by atoms with Gasteiger partial charge in [-0.25, -0.2) is 0 Å². The highest BCUT2D eigenvalue weighted by Crippen LogP contribution is 2.21. The minimum atomic E-state index is 0.775. The molecular weight excluding hydrogens is 326 g/mol. The second kappa shape index (κ2) is 10.4. The van der Waals surface area contributed by atoms with Crippen molar-refractivity contribution in [1.82, 2.24) is 15.5 Å². The number of hydrogen-bond acceptors (Lipinski definition) is 4. The first-order valence-corrected chi connectivity index (χ1v) is 9.94. The molecule has 6 nitrogen and oxygen atoms in total. The number of likely N-dealkylation sites (tertiary alicyclic amines) is 1. The molecule has 3 rings (SSSR count). The fourth-order valence-electron chi connectivity index (χ4n) is 3.69. The molecule has 26 heavy (non-hydrogen) atoms. The van der Waals surface area contributed by atoms with Crippen LogP contribution in [0.1, 0.15) is 24.8 Å². The van der Waals surface area contributed by atoms with Crippen molar-refractivity contribution in [2.45, 2.75) is 25.8 Å². The molecule has 0 aromatic heterocycles. The monoisotopic (exact) mass is 359 g/mol. The van der Waals surface area contributed by atoms with Gasteiger partial charge in [-0.15, -0.1) is 0 Å². The van der Waals surface area contributed by atoms with E-state index in [1.54, 1.807) is 0 Å². The molecular formula is C20H33N5O. The summed E-state index contributed by atoms with van der Waals surface area (Å²) in [5.74, 6) is 0.874. The van der Waals surface area contributed by atoms with Crippen LogP contribution in [0, 0.1) is 0 Å². The van der Waals surface area contributed by atoms with Crippen molar-refractivity contribution in [1.29, 1.82) is 0 Å². The molecule has 0 amide bonds. The molecule has 1 aromatic rings. The summed E-state index contributed by atoms with van der Waals surface area (Å²) in [5.41, 5.74) is 2.60. The second-order valence-electron chi connectivity index (χ2n) is 6.98. The number of piperidine rings is 1. The number of hydrogen-bond donors (Lipinski definition) is 2. The SMILES string of the molecule is CN=C(NCCN1CCCCC1)NCc1ccccc1N1CCOCC1. The largest absolute Gasteiger partial charge is 0.378 e. The van der Waals surface area contributed by atoms with Crippen LogP contribution in [0.15, 0.2) is 29.3 Å². The highest BCUT2D eigenvalue weighted by molar-refractivity contribution is 5.79. The number of ether oxygens (including phenoxy) is 1. The van der Waals surface area contributed by atoms with E-state index in [9.17, 15) is 0 Å². The summed E-state index contributed by atoms with van der Waals surface area (Å²) in [6, 6.07) is 8.61. The van der Waals surface area contributed by atoms with Crippen LogP contribution in [-0.4, -0.2) is 70.4 Å². The van der Waals surface area contributed by atoms with E-state index in [0.717, 1.165) is 51.9 Å². The second-order valence-corrected chi connectivity index (χ2v) is 6.98. The Morgan fingerprint density at radius 3 is 2.58 bits per heavy atom. The zero-order valence-electron chi connectivity index (χ0n) is 16.0. The quantitative estimate of drug-likeness (QED) is 0.598. The molecule has 144 valence electrons. The van der Waals surface area contributed by atoms with Crippen LogP contribution < -0.4 is 15.5 Å². The Morgan fingerprint density at radius 1 is 1.04 bits per heavy atom.